The topological polar surface area (TPSA) is 99.6 Å². The van der Waals surface area contributed by atoms with Crippen molar-refractivity contribution in [2.24, 2.45) is 5.73 Å². The van der Waals surface area contributed by atoms with Crippen molar-refractivity contribution >= 4 is 30.7 Å². The molecule has 138 valence electrons. The van der Waals surface area contributed by atoms with E-state index in [1.807, 2.05) is 13.8 Å². The third kappa shape index (κ3) is 5.01. The molecule has 9 heteroatoms. The average Bonchev–Trinajstić information content (AvgIpc) is 3.01. The van der Waals surface area contributed by atoms with Crippen LogP contribution in [0, 0.1) is 0 Å². The highest BCUT2D eigenvalue weighted by molar-refractivity contribution is 5.97. The van der Waals surface area contributed by atoms with Crippen molar-refractivity contribution < 1.29 is 18.7 Å². The van der Waals surface area contributed by atoms with Gasteiger partial charge in [-0.15, -0.1) is 24.8 Å². The maximum atomic E-state index is 12.3. The Morgan fingerprint density at radius 2 is 1.92 bits per heavy atom. The average molecular weight is 390 g/mol. The quantitative estimate of drug-likeness (QED) is 0.832. The van der Waals surface area contributed by atoms with Crippen LogP contribution in [0.1, 0.15) is 24.3 Å². The zero-order chi connectivity index (χ0) is 16.4. The number of rotatable bonds is 4. The van der Waals surface area contributed by atoms with Crippen LogP contribution in [0.25, 0.3) is 11.3 Å². The summed E-state index contributed by atoms with van der Waals surface area (Å²) >= 11 is 0. The number of oxazole rings is 1. The van der Waals surface area contributed by atoms with Gasteiger partial charge in [0.05, 0.1) is 0 Å². The predicted molar refractivity (Wildman–Crippen MR) is 98.0 cm³/mol. The second-order valence-corrected chi connectivity index (χ2v) is 6.06. The van der Waals surface area contributed by atoms with Crippen LogP contribution in [-0.2, 0) is 0 Å². The molecule has 0 spiro atoms. The first-order chi connectivity index (χ1) is 10.9. The van der Waals surface area contributed by atoms with Crippen LogP contribution in [0.4, 0.5) is 0 Å². The molecule has 1 amide bonds. The number of ether oxygens (including phenoxy) is 2. The smallest absolute Gasteiger partial charge is 0.273 e. The van der Waals surface area contributed by atoms with Crippen LogP contribution in [0.2, 0.25) is 0 Å². The minimum Gasteiger partial charge on any atom is -0.486 e. The highest BCUT2D eigenvalue weighted by Crippen LogP contribution is 2.35. The monoisotopic (exact) mass is 389 g/mol. The van der Waals surface area contributed by atoms with Crippen LogP contribution in [-0.4, -0.2) is 36.2 Å². The molecule has 0 fully saturated rings. The Labute approximate surface area is 158 Å². The number of hydrogen-bond donors (Lipinski definition) is 2. The molecule has 3 rings (SSSR count). The summed E-state index contributed by atoms with van der Waals surface area (Å²) in [7, 11) is 0. The molecule has 25 heavy (non-hydrogen) atoms. The van der Waals surface area contributed by atoms with Crippen molar-refractivity contribution in [3.63, 3.8) is 0 Å². The number of halogens is 2. The lowest BCUT2D eigenvalue weighted by atomic mass is 10.1. The van der Waals surface area contributed by atoms with Crippen LogP contribution in [0.15, 0.2) is 29.0 Å². The normalized spacial score (nSPS) is 12.6. The number of fused-ring (bicyclic) bond motifs is 1. The summed E-state index contributed by atoms with van der Waals surface area (Å²) < 4.78 is 16.4. The molecule has 1 aromatic heterocycles. The largest absolute Gasteiger partial charge is 0.486 e. The van der Waals surface area contributed by atoms with E-state index in [9.17, 15) is 4.79 Å². The van der Waals surface area contributed by atoms with Crippen molar-refractivity contribution in [2.45, 2.75) is 19.4 Å². The van der Waals surface area contributed by atoms with Gasteiger partial charge in [-0.2, -0.15) is 0 Å². The number of amides is 1. The van der Waals surface area contributed by atoms with Gasteiger partial charge < -0.3 is 24.9 Å². The molecule has 0 radical (unpaired) electrons. The third-order valence-corrected chi connectivity index (χ3v) is 3.29. The maximum absolute atomic E-state index is 12.3. The number of hydrogen-bond acceptors (Lipinski definition) is 6. The molecule has 2 heterocycles. The van der Waals surface area contributed by atoms with Gasteiger partial charge in [0, 0.05) is 17.6 Å². The van der Waals surface area contributed by atoms with Gasteiger partial charge in [0.15, 0.2) is 29.3 Å². The Balaban J connectivity index is 0.00000156. The number of carbonyl (C=O) groups is 1. The van der Waals surface area contributed by atoms with Crippen molar-refractivity contribution in [1.82, 2.24) is 10.3 Å². The summed E-state index contributed by atoms with van der Waals surface area (Å²) in [4.78, 5) is 16.3. The van der Waals surface area contributed by atoms with Crippen molar-refractivity contribution in [3.05, 3.63) is 30.3 Å². The van der Waals surface area contributed by atoms with E-state index >= 15 is 0 Å². The van der Waals surface area contributed by atoms with Gasteiger partial charge in [-0.3, -0.25) is 4.79 Å². The third-order valence-electron chi connectivity index (χ3n) is 3.29. The summed E-state index contributed by atoms with van der Waals surface area (Å²) in [5.41, 5.74) is 6.28. The van der Waals surface area contributed by atoms with Gasteiger partial charge in [0.25, 0.3) is 5.91 Å². The van der Waals surface area contributed by atoms with Crippen LogP contribution in [0.5, 0.6) is 11.5 Å². The maximum Gasteiger partial charge on any atom is 0.273 e. The zero-order valence-electron chi connectivity index (χ0n) is 13.9. The predicted octanol–water partition coefficient (Wildman–Crippen LogP) is 2.42. The first-order valence-electron chi connectivity index (χ1n) is 7.35. The number of nitrogens with zero attached hydrogens (tertiary/aromatic N) is 1. The SMILES string of the molecule is CC(C)(N)CNC(=O)c1ncoc1-c1ccc2c(c1)OCCO2.Cl.Cl. The molecule has 0 saturated carbocycles. The van der Waals surface area contributed by atoms with E-state index in [0.717, 1.165) is 0 Å². The lowest BCUT2D eigenvalue weighted by molar-refractivity contribution is 0.0942. The Morgan fingerprint density at radius 1 is 1.24 bits per heavy atom. The second kappa shape index (κ2) is 8.42. The second-order valence-electron chi connectivity index (χ2n) is 6.06. The first-order valence-corrected chi connectivity index (χ1v) is 7.35. The van der Waals surface area contributed by atoms with E-state index in [0.29, 0.717) is 42.6 Å². The summed E-state index contributed by atoms with van der Waals surface area (Å²) in [5.74, 6) is 1.35. The summed E-state index contributed by atoms with van der Waals surface area (Å²) in [5, 5.41) is 2.76. The molecule has 0 unspecified atom stereocenters. The minimum atomic E-state index is -0.503. The van der Waals surface area contributed by atoms with E-state index in [2.05, 4.69) is 10.3 Å². The minimum absolute atomic E-state index is 0. The molecule has 3 N–H and O–H groups in total. The van der Waals surface area contributed by atoms with Gasteiger partial charge in [0.1, 0.15) is 13.2 Å². The first kappa shape index (κ1) is 21.1. The van der Waals surface area contributed by atoms with E-state index in [-0.39, 0.29) is 36.4 Å². The molecule has 1 aliphatic rings. The van der Waals surface area contributed by atoms with Crippen LogP contribution >= 0.6 is 24.8 Å². The molecule has 0 atom stereocenters. The molecule has 1 aromatic carbocycles. The van der Waals surface area contributed by atoms with E-state index in [1.54, 1.807) is 18.2 Å². The molecule has 0 aliphatic carbocycles. The molecule has 0 bridgehead atoms. The highest BCUT2D eigenvalue weighted by atomic mass is 35.5. The van der Waals surface area contributed by atoms with Gasteiger partial charge in [-0.1, -0.05) is 0 Å². The Hall–Kier alpha value is -1.96. The summed E-state index contributed by atoms with van der Waals surface area (Å²) in [6.45, 7) is 5.01. The van der Waals surface area contributed by atoms with Crippen molar-refractivity contribution in [3.8, 4) is 22.8 Å². The summed E-state index contributed by atoms with van der Waals surface area (Å²) in [6.07, 6.45) is 1.24. The number of aromatic nitrogens is 1. The van der Waals surface area contributed by atoms with Crippen molar-refractivity contribution in [1.29, 1.82) is 0 Å². The van der Waals surface area contributed by atoms with E-state index < -0.39 is 5.54 Å². The molecule has 7 nitrogen and oxygen atoms in total. The van der Waals surface area contributed by atoms with Crippen LogP contribution < -0.4 is 20.5 Å². The molecule has 1 aliphatic heterocycles. The Morgan fingerprint density at radius 3 is 2.60 bits per heavy atom. The lowest BCUT2D eigenvalue weighted by Gasteiger charge is -2.19. The standard InChI is InChI=1S/C16H19N3O4.2ClH/c1-16(2,17)8-18-15(20)13-14(23-9-19-13)10-3-4-11-12(7-10)22-6-5-21-11;;/h3-4,7,9H,5-6,8,17H2,1-2H3,(H,18,20);2*1H. The number of benzene rings is 1. The fraction of sp³-hybridized carbons (Fsp3) is 0.375. The Kier molecular flexibility index (Phi) is 7.10. The number of nitrogens with one attached hydrogen (secondary N) is 1. The van der Waals surface area contributed by atoms with Gasteiger partial charge >= 0.3 is 0 Å². The molecular weight excluding hydrogens is 369 g/mol. The van der Waals surface area contributed by atoms with E-state index in [4.69, 9.17) is 19.6 Å². The fourth-order valence-electron chi connectivity index (χ4n) is 2.19. The molecular formula is C16H21Cl2N3O4. The van der Waals surface area contributed by atoms with E-state index in [1.165, 1.54) is 6.39 Å². The van der Waals surface area contributed by atoms with Gasteiger partial charge in [-0.25, -0.2) is 4.98 Å². The van der Waals surface area contributed by atoms with Gasteiger partial charge in [-0.05, 0) is 32.0 Å². The fourth-order valence-corrected chi connectivity index (χ4v) is 2.19. The van der Waals surface area contributed by atoms with Crippen molar-refractivity contribution in [2.75, 3.05) is 19.8 Å². The lowest BCUT2D eigenvalue weighted by Crippen LogP contribution is -2.45. The zero-order valence-corrected chi connectivity index (χ0v) is 15.5. The summed E-state index contributed by atoms with van der Waals surface area (Å²) in [6, 6.07) is 5.37. The Bertz CT molecular complexity index is 728. The number of nitrogens with two attached hydrogens (primary N) is 1. The molecule has 0 saturated heterocycles. The van der Waals surface area contributed by atoms with Gasteiger partial charge in [0.2, 0.25) is 0 Å². The number of carbonyl (C=O) groups excluding carboxylic acids is 1. The highest BCUT2D eigenvalue weighted by Gasteiger charge is 2.22. The molecule has 2 aromatic rings. The van der Waals surface area contributed by atoms with Crippen LogP contribution in [0.3, 0.4) is 0 Å².